The summed E-state index contributed by atoms with van der Waals surface area (Å²) in [6, 6.07) is 9.25. The van der Waals surface area contributed by atoms with E-state index in [4.69, 9.17) is 4.98 Å². The van der Waals surface area contributed by atoms with Gasteiger partial charge >= 0.3 is 0 Å². The number of nitrogens with zero attached hydrogens (tertiary/aromatic N) is 1. The number of likely N-dealkylation sites (N-methyl/N-ethyl adjacent to an activating group) is 1. The van der Waals surface area contributed by atoms with Gasteiger partial charge in [0.25, 0.3) is 0 Å². The fraction of sp³-hybridized carbons (Fsp3) is 0.500. The first kappa shape index (κ1) is 16.2. The van der Waals surface area contributed by atoms with Crippen LogP contribution in [0.3, 0.4) is 0 Å². The van der Waals surface area contributed by atoms with Gasteiger partial charge in [0.15, 0.2) is 0 Å². The molecule has 2 rings (SSSR count). The van der Waals surface area contributed by atoms with E-state index in [-0.39, 0.29) is 5.41 Å². The molecule has 1 aromatic carbocycles. The number of aryl methyl sites for hydroxylation is 1. The summed E-state index contributed by atoms with van der Waals surface area (Å²) >= 11 is 1.78. The number of hydrogen-bond donors (Lipinski definition) is 1. The van der Waals surface area contributed by atoms with E-state index >= 15 is 0 Å². The molecular weight excluding hydrogens is 276 g/mol. The maximum Gasteiger partial charge on any atom is 0.0944 e. The quantitative estimate of drug-likeness (QED) is 0.898. The Morgan fingerprint density at radius 3 is 2.33 bits per heavy atom. The number of rotatable bonds is 5. The monoisotopic (exact) mass is 302 g/mol. The van der Waals surface area contributed by atoms with Gasteiger partial charge in [-0.2, -0.15) is 0 Å². The molecule has 1 atom stereocenters. The SMILES string of the molecule is CNC(Cc1ccc(C)cc1)Cc1nc(C(C)(C)C)cs1. The Morgan fingerprint density at radius 1 is 1.14 bits per heavy atom. The summed E-state index contributed by atoms with van der Waals surface area (Å²) in [6.45, 7) is 8.78. The molecule has 0 fully saturated rings. The smallest absolute Gasteiger partial charge is 0.0944 e. The molecule has 0 aliphatic heterocycles. The molecule has 2 aromatic rings. The highest BCUT2D eigenvalue weighted by atomic mass is 32.1. The second-order valence-corrected chi connectivity index (χ2v) is 7.70. The maximum atomic E-state index is 4.80. The summed E-state index contributed by atoms with van der Waals surface area (Å²) in [5, 5.41) is 6.86. The number of benzene rings is 1. The molecule has 1 unspecified atom stereocenters. The average molecular weight is 302 g/mol. The lowest BCUT2D eigenvalue weighted by atomic mass is 9.93. The molecule has 0 aliphatic rings. The molecule has 1 heterocycles. The first-order valence-electron chi connectivity index (χ1n) is 7.56. The van der Waals surface area contributed by atoms with Crippen molar-refractivity contribution in [2.75, 3.05) is 7.05 Å². The topological polar surface area (TPSA) is 24.9 Å². The molecule has 0 spiro atoms. The number of aromatic nitrogens is 1. The fourth-order valence-electron chi connectivity index (χ4n) is 2.24. The Labute approximate surface area is 132 Å². The Bertz CT molecular complexity index is 564. The third-order valence-electron chi connectivity index (χ3n) is 3.75. The molecule has 3 heteroatoms. The van der Waals surface area contributed by atoms with Crippen LogP contribution in [-0.4, -0.2) is 18.1 Å². The lowest BCUT2D eigenvalue weighted by Crippen LogP contribution is -2.30. The van der Waals surface area contributed by atoms with Crippen LogP contribution < -0.4 is 5.32 Å². The second kappa shape index (κ2) is 6.71. The van der Waals surface area contributed by atoms with Crippen LogP contribution in [0.15, 0.2) is 29.6 Å². The highest BCUT2D eigenvalue weighted by molar-refractivity contribution is 7.09. The number of hydrogen-bond acceptors (Lipinski definition) is 3. The molecule has 21 heavy (non-hydrogen) atoms. The van der Waals surface area contributed by atoms with E-state index in [1.807, 2.05) is 7.05 Å². The highest BCUT2D eigenvalue weighted by Crippen LogP contribution is 2.24. The fourth-order valence-corrected chi connectivity index (χ4v) is 3.35. The molecule has 1 aromatic heterocycles. The van der Waals surface area contributed by atoms with Gasteiger partial charge in [0.2, 0.25) is 0 Å². The molecule has 0 amide bonds. The van der Waals surface area contributed by atoms with Gasteiger partial charge in [-0.05, 0) is 26.0 Å². The van der Waals surface area contributed by atoms with Crippen molar-refractivity contribution in [2.24, 2.45) is 0 Å². The maximum absolute atomic E-state index is 4.80. The first-order chi connectivity index (χ1) is 9.88. The van der Waals surface area contributed by atoms with Gasteiger partial charge in [0, 0.05) is 23.3 Å². The third-order valence-corrected chi connectivity index (χ3v) is 4.62. The summed E-state index contributed by atoms with van der Waals surface area (Å²) in [4.78, 5) is 4.80. The lowest BCUT2D eigenvalue weighted by molar-refractivity contribution is 0.544. The standard InChI is InChI=1S/C18H26N2S/c1-13-6-8-14(9-7-13)10-15(19-5)11-17-20-16(12-21-17)18(2,3)4/h6-9,12,15,19H,10-11H2,1-5H3. The molecule has 2 nitrogen and oxygen atoms in total. The van der Waals surface area contributed by atoms with Crippen LogP contribution in [0.25, 0.3) is 0 Å². The first-order valence-corrected chi connectivity index (χ1v) is 8.44. The van der Waals surface area contributed by atoms with E-state index in [9.17, 15) is 0 Å². The van der Waals surface area contributed by atoms with Gasteiger partial charge in [-0.3, -0.25) is 0 Å². The zero-order valence-electron chi connectivity index (χ0n) is 13.7. The summed E-state index contributed by atoms with van der Waals surface area (Å²) in [6.07, 6.45) is 2.03. The van der Waals surface area contributed by atoms with Crippen molar-refractivity contribution in [3.05, 3.63) is 51.5 Å². The van der Waals surface area contributed by atoms with Gasteiger partial charge in [-0.1, -0.05) is 50.6 Å². The zero-order valence-corrected chi connectivity index (χ0v) is 14.6. The molecular formula is C18H26N2S. The Kier molecular flexibility index (Phi) is 5.17. The average Bonchev–Trinajstić information content (AvgIpc) is 2.89. The van der Waals surface area contributed by atoms with Crippen LogP contribution >= 0.6 is 11.3 Å². The summed E-state index contributed by atoms with van der Waals surface area (Å²) in [7, 11) is 2.04. The van der Waals surface area contributed by atoms with E-state index in [1.165, 1.54) is 21.8 Å². The molecule has 0 saturated carbocycles. The minimum absolute atomic E-state index is 0.140. The van der Waals surface area contributed by atoms with Crippen LogP contribution in [0.4, 0.5) is 0 Å². The van der Waals surface area contributed by atoms with Crippen LogP contribution in [0.5, 0.6) is 0 Å². The van der Waals surface area contributed by atoms with Crippen molar-refractivity contribution >= 4 is 11.3 Å². The highest BCUT2D eigenvalue weighted by Gasteiger charge is 2.18. The van der Waals surface area contributed by atoms with Crippen molar-refractivity contribution < 1.29 is 0 Å². The van der Waals surface area contributed by atoms with Crippen LogP contribution in [0.1, 0.15) is 42.6 Å². The Morgan fingerprint density at radius 2 is 1.81 bits per heavy atom. The van der Waals surface area contributed by atoms with Crippen molar-refractivity contribution in [3.8, 4) is 0 Å². The lowest BCUT2D eigenvalue weighted by Gasteiger charge is -2.16. The van der Waals surface area contributed by atoms with E-state index in [0.29, 0.717) is 6.04 Å². The molecule has 114 valence electrons. The minimum Gasteiger partial charge on any atom is -0.316 e. The number of nitrogens with one attached hydrogen (secondary N) is 1. The largest absolute Gasteiger partial charge is 0.316 e. The van der Waals surface area contributed by atoms with E-state index in [2.05, 4.69) is 62.7 Å². The van der Waals surface area contributed by atoms with Gasteiger partial charge in [-0.25, -0.2) is 4.98 Å². The summed E-state index contributed by atoms with van der Waals surface area (Å²) < 4.78 is 0. The van der Waals surface area contributed by atoms with E-state index < -0.39 is 0 Å². The van der Waals surface area contributed by atoms with Gasteiger partial charge in [-0.15, -0.1) is 11.3 Å². The predicted octanol–water partition coefficient (Wildman–Crippen LogP) is 4.12. The number of thiazole rings is 1. The van der Waals surface area contributed by atoms with Crippen molar-refractivity contribution in [1.82, 2.24) is 10.3 Å². The molecule has 1 N–H and O–H groups in total. The van der Waals surface area contributed by atoms with Crippen molar-refractivity contribution in [3.63, 3.8) is 0 Å². The van der Waals surface area contributed by atoms with E-state index in [1.54, 1.807) is 11.3 Å². The Hall–Kier alpha value is -1.19. The Balaban J connectivity index is 2.02. The van der Waals surface area contributed by atoms with Crippen LogP contribution in [0, 0.1) is 6.92 Å². The third kappa shape index (κ3) is 4.65. The van der Waals surface area contributed by atoms with Crippen molar-refractivity contribution in [2.45, 2.75) is 52.0 Å². The van der Waals surface area contributed by atoms with Gasteiger partial charge in [0.1, 0.15) is 0 Å². The summed E-state index contributed by atoms with van der Waals surface area (Å²) in [5.41, 5.74) is 4.04. The summed E-state index contributed by atoms with van der Waals surface area (Å²) in [5.74, 6) is 0. The van der Waals surface area contributed by atoms with Crippen LogP contribution in [0.2, 0.25) is 0 Å². The molecule has 0 radical (unpaired) electrons. The van der Waals surface area contributed by atoms with Crippen molar-refractivity contribution in [1.29, 1.82) is 0 Å². The van der Waals surface area contributed by atoms with Gasteiger partial charge in [0.05, 0.1) is 10.7 Å². The van der Waals surface area contributed by atoms with E-state index in [0.717, 1.165) is 12.8 Å². The zero-order chi connectivity index (χ0) is 15.5. The van der Waals surface area contributed by atoms with Crippen LogP contribution in [-0.2, 0) is 18.3 Å². The second-order valence-electron chi connectivity index (χ2n) is 6.76. The normalized spacial score (nSPS) is 13.4. The molecule has 0 aliphatic carbocycles. The minimum atomic E-state index is 0.140. The predicted molar refractivity (Wildman–Crippen MR) is 92.2 cm³/mol. The molecule has 0 bridgehead atoms. The van der Waals surface area contributed by atoms with Gasteiger partial charge < -0.3 is 5.32 Å². The molecule has 0 saturated heterocycles.